The maximum atomic E-state index is 10.8. The van der Waals surface area contributed by atoms with Crippen molar-refractivity contribution in [2.75, 3.05) is 0 Å². The average molecular weight is 248 g/mol. The van der Waals surface area contributed by atoms with Gasteiger partial charge in [-0.3, -0.25) is 4.79 Å². The molecule has 1 heterocycles. The lowest BCUT2D eigenvalue weighted by atomic mass is 10.1. The zero-order chi connectivity index (χ0) is 13.1. The zero-order valence-electron chi connectivity index (χ0n) is 9.51. The molecule has 2 rings (SSSR count). The molecule has 6 nitrogen and oxygen atoms in total. The summed E-state index contributed by atoms with van der Waals surface area (Å²) >= 11 is 0. The smallest absolute Gasteiger partial charge is 0.371 e. The lowest BCUT2D eigenvalue weighted by Crippen LogP contribution is -1.98. The molecule has 0 radical (unpaired) electrons. The van der Waals surface area contributed by atoms with E-state index in [9.17, 15) is 9.59 Å². The molecule has 0 bridgehead atoms. The summed E-state index contributed by atoms with van der Waals surface area (Å²) in [6.07, 6.45) is 1.16. The van der Waals surface area contributed by atoms with Crippen molar-refractivity contribution in [3.63, 3.8) is 0 Å². The van der Waals surface area contributed by atoms with Crippen LogP contribution < -0.4 is 0 Å². The highest BCUT2D eigenvalue weighted by Crippen LogP contribution is 2.18. The Bertz CT molecular complexity index is 603. The molecule has 18 heavy (non-hydrogen) atoms. The Morgan fingerprint density at radius 2 is 2.06 bits per heavy atom. The third-order valence-corrected chi connectivity index (χ3v) is 2.64. The van der Waals surface area contributed by atoms with Crippen molar-refractivity contribution in [1.82, 2.24) is 9.97 Å². The molecule has 0 atom stereocenters. The van der Waals surface area contributed by atoms with Crippen LogP contribution in [-0.4, -0.2) is 32.1 Å². The van der Waals surface area contributed by atoms with Gasteiger partial charge in [-0.1, -0.05) is 12.1 Å². The van der Waals surface area contributed by atoms with Gasteiger partial charge in [0.15, 0.2) is 0 Å². The second kappa shape index (κ2) is 4.87. The van der Waals surface area contributed by atoms with E-state index in [0.717, 1.165) is 5.56 Å². The summed E-state index contributed by atoms with van der Waals surface area (Å²) in [6, 6.07) is 5.37. The van der Waals surface area contributed by atoms with E-state index in [1.165, 1.54) is 0 Å². The molecule has 94 valence electrons. The zero-order valence-corrected chi connectivity index (χ0v) is 9.51. The molecular weight excluding hydrogens is 236 g/mol. The van der Waals surface area contributed by atoms with Crippen molar-refractivity contribution in [3.05, 3.63) is 29.6 Å². The SMILES string of the molecule is O=C(O)CCCc1cccc2[nH]c(C(=O)O)nc12. The van der Waals surface area contributed by atoms with E-state index in [1.54, 1.807) is 12.1 Å². The molecule has 0 fully saturated rings. The molecule has 0 saturated carbocycles. The molecule has 0 spiro atoms. The Hall–Kier alpha value is -2.37. The minimum Gasteiger partial charge on any atom is -0.481 e. The number of aromatic carboxylic acids is 1. The van der Waals surface area contributed by atoms with Crippen LogP contribution in [-0.2, 0) is 11.2 Å². The molecule has 6 heteroatoms. The molecule has 0 aliphatic heterocycles. The molecule has 0 aliphatic rings. The predicted octanol–water partition coefficient (Wildman–Crippen LogP) is 1.67. The number of rotatable bonds is 5. The van der Waals surface area contributed by atoms with E-state index >= 15 is 0 Å². The highest BCUT2D eigenvalue weighted by molar-refractivity contribution is 5.90. The van der Waals surface area contributed by atoms with Gasteiger partial charge < -0.3 is 15.2 Å². The van der Waals surface area contributed by atoms with Gasteiger partial charge in [-0.2, -0.15) is 0 Å². The molecule has 0 amide bonds. The van der Waals surface area contributed by atoms with Crippen LogP contribution in [0, 0.1) is 0 Å². The number of aliphatic carboxylic acids is 1. The van der Waals surface area contributed by atoms with Crippen molar-refractivity contribution in [2.45, 2.75) is 19.3 Å². The number of carboxylic acid groups (broad SMARTS) is 2. The second-order valence-corrected chi connectivity index (χ2v) is 3.95. The standard InChI is InChI=1S/C12H12N2O4/c15-9(16)6-2-4-7-3-1-5-8-10(7)14-11(13-8)12(17)18/h1,3,5H,2,4,6H2,(H,13,14)(H,15,16)(H,17,18). The second-order valence-electron chi connectivity index (χ2n) is 3.95. The minimum atomic E-state index is -1.11. The highest BCUT2D eigenvalue weighted by atomic mass is 16.4. The number of benzene rings is 1. The van der Waals surface area contributed by atoms with Gasteiger partial charge in [-0.15, -0.1) is 0 Å². The summed E-state index contributed by atoms with van der Waals surface area (Å²) in [5.41, 5.74) is 2.11. The number of para-hydroxylation sites is 1. The number of nitrogens with zero attached hydrogens (tertiary/aromatic N) is 1. The summed E-state index contributed by atoms with van der Waals surface area (Å²) in [5.74, 6) is -2.05. The number of fused-ring (bicyclic) bond motifs is 1. The number of H-pyrrole nitrogens is 1. The summed E-state index contributed by atoms with van der Waals surface area (Å²) in [7, 11) is 0. The number of aromatic amines is 1. The first-order valence-electron chi connectivity index (χ1n) is 5.50. The lowest BCUT2D eigenvalue weighted by molar-refractivity contribution is -0.137. The Morgan fingerprint density at radius 1 is 1.28 bits per heavy atom. The summed E-state index contributed by atoms with van der Waals surface area (Å²) < 4.78 is 0. The van der Waals surface area contributed by atoms with Crippen molar-refractivity contribution >= 4 is 23.0 Å². The molecule has 0 aliphatic carbocycles. The maximum Gasteiger partial charge on any atom is 0.371 e. The van der Waals surface area contributed by atoms with Crippen molar-refractivity contribution in [1.29, 1.82) is 0 Å². The Morgan fingerprint density at radius 3 is 2.72 bits per heavy atom. The molecule has 1 aromatic carbocycles. The Kier molecular flexibility index (Phi) is 3.27. The minimum absolute atomic E-state index is 0.0899. The number of nitrogens with one attached hydrogen (secondary N) is 1. The predicted molar refractivity (Wildman–Crippen MR) is 63.6 cm³/mol. The third-order valence-electron chi connectivity index (χ3n) is 2.64. The fourth-order valence-electron chi connectivity index (χ4n) is 1.82. The fraction of sp³-hybridized carbons (Fsp3) is 0.250. The monoisotopic (exact) mass is 248 g/mol. The molecule has 0 saturated heterocycles. The first-order valence-corrected chi connectivity index (χ1v) is 5.50. The van der Waals surface area contributed by atoms with Gasteiger partial charge in [0, 0.05) is 6.42 Å². The number of aryl methyl sites for hydroxylation is 1. The lowest BCUT2D eigenvalue weighted by Gasteiger charge is -2.00. The van der Waals surface area contributed by atoms with E-state index in [-0.39, 0.29) is 12.2 Å². The van der Waals surface area contributed by atoms with Gasteiger partial charge in [-0.05, 0) is 24.5 Å². The third kappa shape index (κ3) is 2.48. The van der Waals surface area contributed by atoms with Crippen LogP contribution in [0.5, 0.6) is 0 Å². The number of carboxylic acids is 2. The summed E-state index contributed by atoms with van der Waals surface area (Å²) in [5, 5.41) is 17.4. The normalized spacial score (nSPS) is 10.7. The van der Waals surface area contributed by atoms with Crippen molar-refractivity contribution in [3.8, 4) is 0 Å². The van der Waals surface area contributed by atoms with Gasteiger partial charge in [0.2, 0.25) is 5.82 Å². The number of imidazole rings is 1. The number of hydrogen-bond donors (Lipinski definition) is 3. The summed E-state index contributed by atoms with van der Waals surface area (Å²) in [4.78, 5) is 28.0. The number of hydrogen-bond acceptors (Lipinski definition) is 3. The Labute approximate surface area is 102 Å². The molecular formula is C12H12N2O4. The van der Waals surface area contributed by atoms with E-state index in [2.05, 4.69) is 9.97 Å². The van der Waals surface area contributed by atoms with Gasteiger partial charge in [0.25, 0.3) is 0 Å². The van der Waals surface area contributed by atoms with Gasteiger partial charge in [-0.25, -0.2) is 9.78 Å². The van der Waals surface area contributed by atoms with Crippen LogP contribution in [0.3, 0.4) is 0 Å². The van der Waals surface area contributed by atoms with Crippen molar-refractivity contribution in [2.24, 2.45) is 0 Å². The summed E-state index contributed by atoms with van der Waals surface area (Å²) in [6.45, 7) is 0. The van der Waals surface area contributed by atoms with Crippen LogP contribution in [0.2, 0.25) is 0 Å². The first-order chi connectivity index (χ1) is 8.58. The van der Waals surface area contributed by atoms with E-state index in [0.29, 0.717) is 23.9 Å². The van der Waals surface area contributed by atoms with Crippen LogP contribution in [0.1, 0.15) is 29.0 Å². The van der Waals surface area contributed by atoms with E-state index in [4.69, 9.17) is 10.2 Å². The average Bonchev–Trinajstić information content (AvgIpc) is 2.73. The molecule has 2 aromatic rings. The van der Waals surface area contributed by atoms with Crippen LogP contribution in [0.15, 0.2) is 18.2 Å². The molecule has 0 unspecified atom stereocenters. The quantitative estimate of drug-likeness (QED) is 0.746. The Balaban J connectivity index is 2.27. The fourth-order valence-corrected chi connectivity index (χ4v) is 1.82. The van der Waals surface area contributed by atoms with E-state index in [1.807, 2.05) is 6.07 Å². The maximum absolute atomic E-state index is 10.8. The molecule has 3 N–H and O–H groups in total. The van der Waals surface area contributed by atoms with Crippen molar-refractivity contribution < 1.29 is 19.8 Å². The first kappa shape index (κ1) is 12.1. The number of aromatic nitrogens is 2. The van der Waals surface area contributed by atoms with E-state index < -0.39 is 11.9 Å². The largest absolute Gasteiger partial charge is 0.481 e. The van der Waals surface area contributed by atoms with Crippen LogP contribution in [0.25, 0.3) is 11.0 Å². The van der Waals surface area contributed by atoms with Gasteiger partial charge >= 0.3 is 11.9 Å². The molecule has 1 aromatic heterocycles. The van der Waals surface area contributed by atoms with Crippen LogP contribution in [0.4, 0.5) is 0 Å². The van der Waals surface area contributed by atoms with Gasteiger partial charge in [0.05, 0.1) is 11.0 Å². The van der Waals surface area contributed by atoms with Gasteiger partial charge in [0.1, 0.15) is 0 Å². The number of carbonyl (C=O) groups is 2. The van der Waals surface area contributed by atoms with Crippen LogP contribution >= 0.6 is 0 Å². The topological polar surface area (TPSA) is 103 Å². The highest BCUT2D eigenvalue weighted by Gasteiger charge is 2.12.